The van der Waals surface area contributed by atoms with E-state index in [4.69, 9.17) is 0 Å². The lowest BCUT2D eigenvalue weighted by atomic mass is 9.80. The van der Waals surface area contributed by atoms with Gasteiger partial charge >= 0.3 is 0 Å². The summed E-state index contributed by atoms with van der Waals surface area (Å²) in [6.45, 7) is 4.99. The summed E-state index contributed by atoms with van der Waals surface area (Å²) in [6.07, 6.45) is 3.91. The minimum Gasteiger partial charge on any atom is -0.314 e. The predicted octanol–water partition coefficient (Wildman–Crippen LogP) is 3.74. The number of pyridine rings is 1. The summed E-state index contributed by atoms with van der Waals surface area (Å²) in [5.41, 5.74) is 2.26. The van der Waals surface area contributed by atoms with Crippen molar-refractivity contribution in [3.05, 3.63) is 29.6 Å². The molecule has 1 aliphatic rings. The first-order valence-corrected chi connectivity index (χ1v) is 7.53. The molecule has 4 heteroatoms. The fourth-order valence-corrected chi connectivity index (χ4v) is 3.07. The fraction of sp³-hybridized carbons (Fsp3) is 0.688. The molecular weight excluding hydrogens is 258 g/mol. The third-order valence-corrected chi connectivity index (χ3v) is 4.33. The van der Waals surface area contributed by atoms with E-state index in [1.807, 2.05) is 6.07 Å². The van der Waals surface area contributed by atoms with Crippen LogP contribution in [0.1, 0.15) is 43.9 Å². The molecule has 1 heterocycles. The number of nitrogens with one attached hydrogen (secondary N) is 1. The van der Waals surface area contributed by atoms with Gasteiger partial charge in [-0.1, -0.05) is 13.0 Å². The van der Waals surface area contributed by atoms with Crippen LogP contribution in [0.2, 0.25) is 0 Å². The van der Waals surface area contributed by atoms with Crippen LogP contribution in [0, 0.1) is 12.8 Å². The second-order valence-corrected chi connectivity index (χ2v) is 5.83. The number of aryl methyl sites for hydroxylation is 1. The predicted molar refractivity (Wildman–Crippen MR) is 77.0 cm³/mol. The highest BCUT2D eigenvalue weighted by atomic mass is 19.3. The summed E-state index contributed by atoms with van der Waals surface area (Å²) in [5, 5.41) is 3.47. The van der Waals surface area contributed by atoms with Crippen molar-refractivity contribution in [2.75, 3.05) is 6.54 Å². The Kier molecular flexibility index (Phi) is 5.08. The molecule has 0 amide bonds. The Morgan fingerprint density at radius 3 is 2.70 bits per heavy atom. The molecule has 1 atom stereocenters. The number of aromatic nitrogens is 1. The molecule has 2 rings (SSSR count). The van der Waals surface area contributed by atoms with Crippen LogP contribution in [0.3, 0.4) is 0 Å². The van der Waals surface area contributed by atoms with Gasteiger partial charge in [0.05, 0.1) is 0 Å². The molecule has 1 N–H and O–H groups in total. The lowest BCUT2D eigenvalue weighted by molar-refractivity contribution is -0.0495. The summed E-state index contributed by atoms with van der Waals surface area (Å²) in [7, 11) is 0. The van der Waals surface area contributed by atoms with Gasteiger partial charge < -0.3 is 5.32 Å². The van der Waals surface area contributed by atoms with Crippen molar-refractivity contribution in [2.24, 2.45) is 5.92 Å². The molecule has 0 bridgehead atoms. The van der Waals surface area contributed by atoms with Crippen molar-refractivity contribution in [1.29, 1.82) is 0 Å². The number of rotatable bonds is 5. The molecule has 0 radical (unpaired) electrons. The number of likely N-dealkylation sites (N-methyl/N-ethyl adjacent to an activating group) is 1. The molecule has 0 aromatic carbocycles. The summed E-state index contributed by atoms with van der Waals surface area (Å²) < 4.78 is 26.6. The highest BCUT2D eigenvalue weighted by Crippen LogP contribution is 2.38. The molecule has 1 fully saturated rings. The van der Waals surface area contributed by atoms with Gasteiger partial charge in [0.2, 0.25) is 5.92 Å². The third kappa shape index (κ3) is 3.98. The summed E-state index contributed by atoms with van der Waals surface area (Å²) in [5.74, 6) is -2.12. The maximum Gasteiger partial charge on any atom is 0.248 e. The van der Waals surface area contributed by atoms with Crippen LogP contribution < -0.4 is 5.32 Å². The molecule has 0 spiro atoms. The molecule has 1 saturated carbocycles. The molecule has 1 aliphatic carbocycles. The number of nitrogens with zero attached hydrogens (tertiary/aromatic N) is 1. The van der Waals surface area contributed by atoms with Crippen LogP contribution in [-0.4, -0.2) is 23.5 Å². The normalized spacial score (nSPS) is 20.8. The van der Waals surface area contributed by atoms with Gasteiger partial charge in [-0.25, -0.2) is 8.78 Å². The second kappa shape index (κ2) is 6.61. The van der Waals surface area contributed by atoms with E-state index in [9.17, 15) is 8.78 Å². The van der Waals surface area contributed by atoms with E-state index in [2.05, 4.69) is 30.2 Å². The third-order valence-electron chi connectivity index (χ3n) is 4.33. The van der Waals surface area contributed by atoms with Gasteiger partial charge in [0.1, 0.15) is 0 Å². The van der Waals surface area contributed by atoms with Gasteiger partial charge in [-0.05, 0) is 43.9 Å². The van der Waals surface area contributed by atoms with Gasteiger partial charge in [-0.15, -0.1) is 0 Å². The van der Waals surface area contributed by atoms with Crippen molar-refractivity contribution in [3.8, 4) is 0 Å². The minimum absolute atomic E-state index is 0.0285. The average Bonchev–Trinajstić information content (AvgIpc) is 2.41. The Balaban J connectivity index is 2.02. The van der Waals surface area contributed by atoms with Crippen LogP contribution in [0.4, 0.5) is 8.78 Å². The molecule has 0 saturated heterocycles. The maximum atomic E-state index is 13.3. The van der Waals surface area contributed by atoms with Gasteiger partial charge in [-0.2, -0.15) is 0 Å². The standard InChI is InChI=1S/C16H24F2N2/c1-3-19-15(11-14-12(2)5-4-10-20-14)13-6-8-16(17,18)9-7-13/h4-5,10,13,15,19H,3,6-9,11H2,1-2H3. The smallest absolute Gasteiger partial charge is 0.248 e. The summed E-state index contributed by atoms with van der Waals surface area (Å²) >= 11 is 0. The highest BCUT2D eigenvalue weighted by Gasteiger charge is 2.37. The highest BCUT2D eigenvalue weighted by molar-refractivity contribution is 5.18. The van der Waals surface area contributed by atoms with E-state index in [-0.39, 0.29) is 18.9 Å². The van der Waals surface area contributed by atoms with E-state index < -0.39 is 5.92 Å². The van der Waals surface area contributed by atoms with Gasteiger partial charge in [-0.3, -0.25) is 4.98 Å². The quantitative estimate of drug-likeness (QED) is 0.890. The Hall–Kier alpha value is -1.03. The van der Waals surface area contributed by atoms with E-state index in [1.165, 1.54) is 5.56 Å². The van der Waals surface area contributed by atoms with Crippen LogP contribution in [0.15, 0.2) is 18.3 Å². The molecule has 20 heavy (non-hydrogen) atoms. The monoisotopic (exact) mass is 282 g/mol. The molecular formula is C16H24F2N2. The van der Waals surface area contributed by atoms with Gasteiger partial charge in [0.25, 0.3) is 0 Å². The van der Waals surface area contributed by atoms with Crippen molar-refractivity contribution >= 4 is 0 Å². The van der Waals surface area contributed by atoms with Crippen LogP contribution >= 0.6 is 0 Å². The zero-order valence-electron chi connectivity index (χ0n) is 12.3. The molecule has 0 aliphatic heterocycles. The van der Waals surface area contributed by atoms with Crippen molar-refractivity contribution in [3.63, 3.8) is 0 Å². The molecule has 1 unspecified atom stereocenters. The largest absolute Gasteiger partial charge is 0.314 e. The lowest BCUT2D eigenvalue weighted by Gasteiger charge is -2.34. The second-order valence-electron chi connectivity index (χ2n) is 5.83. The first-order chi connectivity index (χ1) is 9.52. The Bertz CT molecular complexity index is 424. The van der Waals surface area contributed by atoms with Crippen molar-refractivity contribution < 1.29 is 8.78 Å². The van der Waals surface area contributed by atoms with Gasteiger partial charge in [0, 0.05) is 37.2 Å². The number of hydrogen-bond acceptors (Lipinski definition) is 2. The number of halogens is 2. The first-order valence-electron chi connectivity index (χ1n) is 7.53. The van der Waals surface area contributed by atoms with Crippen molar-refractivity contribution in [2.45, 2.75) is 57.9 Å². The first kappa shape index (κ1) is 15.4. The maximum absolute atomic E-state index is 13.3. The summed E-state index contributed by atoms with van der Waals surface area (Å²) in [6, 6.07) is 4.24. The van der Waals surface area contributed by atoms with Gasteiger partial charge in [0.15, 0.2) is 0 Å². The lowest BCUT2D eigenvalue weighted by Crippen LogP contribution is -2.41. The SMILES string of the molecule is CCNC(Cc1ncccc1C)C1CCC(F)(F)CC1. The van der Waals surface area contributed by atoms with E-state index in [1.54, 1.807) is 6.20 Å². The zero-order valence-corrected chi connectivity index (χ0v) is 12.3. The Morgan fingerprint density at radius 1 is 1.40 bits per heavy atom. The van der Waals surface area contributed by atoms with Crippen LogP contribution in [0.25, 0.3) is 0 Å². The van der Waals surface area contributed by atoms with E-state index in [0.29, 0.717) is 18.8 Å². The van der Waals surface area contributed by atoms with Crippen LogP contribution in [-0.2, 0) is 6.42 Å². The number of hydrogen-bond donors (Lipinski definition) is 1. The van der Waals surface area contributed by atoms with Crippen LogP contribution in [0.5, 0.6) is 0 Å². The topological polar surface area (TPSA) is 24.9 Å². The number of alkyl halides is 2. The average molecular weight is 282 g/mol. The molecule has 2 nitrogen and oxygen atoms in total. The fourth-order valence-electron chi connectivity index (χ4n) is 3.07. The minimum atomic E-state index is -2.45. The Labute approximate surface area is 120 Å². The van der Waals surface area contributed by atoms with Crippen molar-refractivity contribution in [1.82, 2.24) is 10.3 Å². The molecule has 112 valence electrons. The summed E-state index contributed by atoms with van der Waals surface area (Å²) in [4.78, 5) is 4.44. The molecule has 1 aromatic heterocycles. The van der Waals surface area contributed by atoms with E-state index >= 15 is 0 Å². The zero-order chi connectivity index (χ0) is 14.6. The van der Waals surface area contributed by atoms with E-state index in [0.717, 1.165) is 18.7 Å². The molecule has 1 aromatic rings. The Morgan fingerprint density at radius 2 is 2.10 bits per heavy atom.